The van der Waals surface area contributed by atoms with E-state index in [4.69, 9.17) is 0 Å². The van der Waals surface area contributed by atoms with Crippen molar-refractivity contribution in [3.05, 3.63) is 294 Å². The molecule has 676 valence electrons. The third-order valence-electron chi connectivity index (χ3n) is 27.2. The molecule has 11 aromatic heterocycles. The maximum atomic E-state index is 12.9. The molecule has 2 amide bonds. The molecule has 5 aliphatic heterocycles. The molecular weight excluding hydrogens is 1650 g/mol. The van der Waals surface area contributed by atoms with Crippen molar-refractivity contribution in [2.75, 3.05) is 155 Å². The number of H-pyrrole nitrogens is 3. The van der Waals surface area contributed by atoms with E-state index in [1.54, 1.807) is 43.1 Å². The van der Waals surface area contributed by atoms with Crippen LogP contribution in [-0.2, 0) is 4.79 Å². The third kappa shape index (κ3) is 19.1. The number of nitrogens with one attached hydrogen (secondary N) is 8. The van der Waals surface area contributed by atoms with Gasteiger partial charge in [0.1, 0.15) is 0 Å². The first-order chi connectivity index (χ1) is 64.7. The standard InChI is InChI=1S/C28H30N6O2.C26H28N6O.C25H31N7.C24H26N6O/c1-32(2)22-11-13-33(17-22)28(36)18-3-6-21(7-4-18)31-24-9-10-25(34-14-12-29-26(24)34)19-5-8-23-20(15-19)16-30-27(23)35;33-25-18-19(10-11-27-25)24-9-8-23(26-28-12-13-32(24)26)29-20-4-6-22(7-5-20)31-16-14-30(15-17-31)21-2-1-3-21;1-3-21(4-2)30-13-15-31(16-14-30)22-7-5-20(6-8-22)29-23-9-10-24(19-17-27-28-18-19)32-12-11-26-25(23)32;1-2-28-13-15-29(16-14-28)20-5-3-19(4-6-20)27-21-7-8-22(30-12-11-26-24(21)30)18-9-10-25-23(31)17-18/h3-7,9-10,12,14-15,22-23,31H,8,11,13,16-17H2,1-2H3,(H,30,35);4-13,18,21,29H,1-3,14-17H2,(H,27,33);5-12,17-18,21,29H,3-4,13-16H2,1-2H3,(H,27,28);3-12,17,27H,2,13-16H2,1H3,(H,25,31). The number of likely N-dealkylation sites (tertiary alicyclic amines) is 1. The minimum atomic E-state index is -0.121. The summed E-state index contributed by atoms with van der Waals surface area (Å²) in [6, 6.07) is 59.0. The highest BCUT2D eigenvalue weighted by molar-refractivity contribution is 5.95. The van der Waals surface area contributed by atoms with Gasteiger partial charge in [0.25, 0.3) is 5.91 Å². The van der Waals surface area contributed by atoms with Crippen molar-refractivity contribution in [3.63, 3.8) is 0 Å². The number of pyridine rings is 6. The molecule has 0 radical (unpaired) electrons. The number of likely N-dealkylation sites (N-methyl/N-ethyl adjacent to an activating group) is 2. The van der Waals surface area contributed by atoms with Gasteiger partial charge in [0.05, 0.1) is 57.6 Å². The largest absolute Gasteiger partial charge is 0.369 e. The van der Waals surface area contributed by atoms with Crippen LogP contribution in [0, 0.1) is 5.92 Å². The van der Waals surface area contributed by atoms with Crippen LogP contribution in [0.15, 0.2) is 272 Å². The van der Waals surface area contributed by atoms with E-state index in [0.717, 1.165) is 229 Å². The van der Waals surface area contributed by atoms with Crippen LogP contribution in [-0.4, -0.2) is 231 Å². The van der Waals surface area contributed by atoms with Crippen molar-refractivity contribution in [2.45, 2.75) is 83.8 Å². The van der Waals surface area contributed by atoms with E-state index in [9.17, 15) is 19.2 Å². The lowest BCUT2D eigenvalue weighted by atomic mass is 9.89. The van der Waals surface area contributed by atoms with Crippen LogP contribution < -0.4 is 52.4 Å². The molecule has 2 unspecified atom stereocenters. The van der Waals surface area contributed by atoms with E-state index in [-0.39, 0.29) is 28.9 Å². The van der Waals surface area contributed by atoms with Crippen LogP contribution in [0.3, 0.4) is 0 Å². The number of hydrogen-bond acceptors (Lipinski definition) is 20. The molecule has 29 heteroatoms. The first-order valence-electron chi connectivity index (χ1n) is 46.5. The fourth-order valence-electron chi connectivity index (χ4n) is 19.4. The van der Waals surface area contributed by atoms with Gasteiger partial charge in [0.15, 0.2) is 22.6 Å². The molecule has 2 aliphatic carbocycles. The van der Waals surface area contributed by atoms with Gasteiger partial charge >= 0.3 is 0 Å². The zero-order chi connectivity index (χ0) is 90.1. The number of fused-ring (bicyclic) bond motifs is 5. The van der Waals surface area contributed by atoms with E-state index >= 15 is 0 Å². The number of aromatic nitrogens is 12. The van der Waals surface area contributed by atoms with Crippen LogP contribution in [0.4, 0.5) is 62.6 Å². The van der Waals surface area contributed by atoms with E-state index in [1.165, 1.54) is 62.3 Å². The molecule has 5 saturated heterocycles. The first kappa shape index (κ1) is 87.0. The van der Waals surface area contributed by atoms with Crippen LogP contribution in [0.5, 0.6) is 0 Å². The van der Waals surface area contributed by atoms with E-state index in [0.29, 0.717) is 18.2 Å². The normalized spacial score (nSPS) is 17.3. The summed E-state index contributed by atoms with van der Waals surface area (Å²) in [6.07, 6.45) is 34.6. The molecular formula is C103H115N25O4. The van der Waals surface area contributed by atoms with Gasteiger partial charge < -0.3 is 66.0 Å². The fourth-order valence-corrected chi connectivity index (χ4v) is 19.4. The number of carbonyl (C=O) groups excluding carboxylic acids is 2. The maximum Gasteiger partial charge on any atom is 0.253 e. The fraction of sp³-hybridized carbons (Fsp3) is 0.311. The smallest absolute Gasteiger partial charge is 0.253 e. The van der Waals surface area contributed by atoms with Crippen molar-refractivity contribution in [1.82, 2.24) is 87.5 Å². The summed E-state index contributed by atoms with van der Waals surface area (Å²) in [4.78, 5) is 91.3. The average Bonchev–Trinajstić information content (AvgIpc) is 1.59. The number of aromatic amines is 3. The predicted octanol–water partition coefficient (Wildman–Crippen LogP) is 15.8. The van der Waals surface area contributed by atoms with Crippen molar-refractivity contribution in [1.29, 1.82) is 0 Å². The number of hydrogen-bond donors (Lipinski definition) is 8. The summed E-state index contributed by atoms with van der Waals surface area (Å²) in [6.45, 7) is 23.5. The van der Waals surface area contributed by atoms with Crippen molar-refractivity contribution in [3.8, 4) is 33.8 Å². The van der Waals surface area contributed by atoms with Gasteiger partial charge in [0.2, 0.25) is 17.0 Å². The molecule has 2 atom stereocenters. The SMILES string of the molecule is CCC(CC)N1CCN(c2ccc(Nc3ccc(-c4cn[nH]c4)n4ccnc34)cc2)CC1.CCN1CCN(c2ccc(Nc3ccc(-c4cc[nH]c(=O)c4)n4ccnc34)cc2)CC1.CN(C)C1CCN(C(=O)c2ccc(Nc3ccc(C4=CCC5C(=O)NCC5=C4)n4ccnc34)cc2)C1.O=c1cc(-c2ccc(Nc3ccc(N4CCN(C5CCC5)CC4)cc3)c3nccn23)cc[nH]1. The average molecular weight is 1770 g/mol. The van der Waals surface area contributed by atoms with Gasteiger partial charge in [0, 0.05) is 259 Å². The second-order valence-electron chi connectivity index (χ2n) is 35.2. The maximum absolute atomic E-state index is 12.9. The van der Waals surface area contributed by atoms with Crippen molar-refractivity contribution < 1.29 is 9.59 Å². The van der Waals surface area contributed by atoms with Crippen LogP contribution in [0.2, 0.25) is 0 Å². The van der Waals surface area contributed by atoms with Gasteiger partial charge in [-0.1, -0.05) is 39.3 Å². The number of benzene rings is 4. The second kappa shape index (κ2) is 39.5. The molecule has 4 aromatic carbocycles. The number of piperazine rings is 3. The van der Waals surface area contributed by atoms with E-state index < -0.39 is 0 Å². The molecule has 0 bridgehead atoms. The molecule has 1 saturated carbocycles. The monoisotopic (exact) mass is 1770 g/mol. The molecule has 22 rings (SSSR count). The highest BCUT2D eigenvalue weighted by Crippen LogP contribution is 2.38. The van der Waals surface area contributed by atoms with E-state index in [2.05, 4.69) is 248 Å². The lowest BCUT2D eigenvalue weighted by molar-refractivity contribution is -0.121. The summed E-state index contributed by atoms with van der Waals surface area (Å²) in [7, 11) is 4.13. The second-order valence-corrected chi connectivity index (χ2v) is 35.2. The van der Waals surface area contributed by atoms with E-state index in [1.807, 2.05) is 124 Å². The molecule has 15 aromatic rings. The number of imidazole rings is 4. The molecule has 16 heterocycles. The zero-order valence-electron chi connectivity index (χ0n) is 75.6. The predicted molar refractivity (Wildman–Crippen MR) is 528 cm³/mol. The summed E-state index contributed by atoms with van der Waals surface area (Å²) in [5, 5.41) is 23.9. The van der Waals surface area contributed by atoms with Gasteiger partial charge in [-0.25, -0.2) is 19.9 Å². The summed E-state index contributed by atoms with van der Waals surface area (Å²) < 4.78 is 8.16. The summed E-state index contributed by atoms with van der Waals surface area (Å²) in [5.41, 5.74) is 24.3. The summed E-state index contributed by atoms with van der Waals surface area (Å²) >= 11 is 0. The van der Waals surface area contributed by atoms with Gasteiger partial charge in [-0.2, -0.15) is 5.10 Å². The Labute approximate surface area is 767 Å². The molecule has 6 fully saturated rings. The number of carbonyl (C=O) groups is 2. The Kier molecular flexibility index (Phi) is 26.0. The molecule has 132 heavy (non-hydrogen) atoms. The summed E-state index contributed by atoms with van der Waals surface area (Å²) in [5.74, 6) is 0.180. The number of nitrogens with zero attached hydrogens (tertiary/aromatic N) is 17. The Morgan fingerprint density at radius 2 is 0.924 bits per heavy atom. The lowest BCUT2D eigenvalue weighted by Crippen LogP contribution is -2.52. The Hall–Kier alpha value is -14.4. The minimum Gasteiger partial charge on any atom is -0.369 e. The number of rotatable bonds is 22. The van der Waals surface area contributed by atoms with Crippen LogP contribution >= 0.6 is 0 Å². The first-order valence-corrected chi connectivity index (χ1v) is 46.5. The van der Waals surface area contributed by atoms with Crippen molar-refractivity contribution in [2.24, 2.45) is 5.92 Å². The Morgan fingerprint density at radius 3 is 1.34 bits per heavy atom. The van der Waals surface area contributed by atoms with Crippen molar-refractivity contribution >= 4 is 103 Å². The van der Waals surface area contributed by atoms with Gasteiger partial charge in [-0.05, 0) is 228 Å². The Balaban J connectivity index is 0.000000114. The Bertz CT molecular complexity index is 6690. The van der Waals surface area contributed by atoms with Crippen LogP contribution in [0.25, 0.3) is 61.9 Å². The number of anilines is 11. The third-order valence-corrected chi connectivity index (χ3v) is 27.2. The topological polar surface area (TPSA) is 284 Å². The molecule has 7 aliphatic rings. The highest BCUT2D eigenvalue weighted by Gasteiger charge is 2.33. The van der Waals surface area contributed by atoms with Gasteiger partial charge in [-0.15, -0.1) is 0 Å². The van der Waals surface area contributed by atoms with Crippen LogP contribution in [0.1, 0.15) is 81.8 Å². The highest BCUT2D eigenvalue weighted by atomic mass is 16.2. The Morgan fingerprint density at radius 1 is 0.485 bits per heavy atom. The minimum absolute atomic E-state index is 0.0253. The molecule has 0 spiro atoms. The lowest BCUT2D eigenvalue weighted by Gasteiger charge is -2.43. The number of allylic oxidation sites excluding steroid dienone is 3. The molecule has 8 N–H and O–H groups in total. The van der Waals surface area contributed by atoms with Gasteiger partial charge in [-0.3, -0.25) is 51.7 Å². The zero-order valence-corrected chi connectivity index (χ0v) is 75.6. The quantitative estimate of drug-likeness (QED) is 0.0313. The number of amides is 2. The molecule has 29 nitrogen and oxygen atoms in total.